The molecule has 0 unspecified atom stereocenters. The molecule has 1 aromatic heterocycles. The number of nitriles is 1. The number of aromatic nitrogens is 1. The molecule has 1 aromatic carbocycles. The molecule has 29 heavy (non-hydrogen) atoms. The van der Waals surface area contributed by atoms with E-state index in [1.807, 2.05) is 6.07 Å². The number of pyridine rings is 1. The highest BCUT2D eigenvalue weighted by molar-refractivity contribution is 5.67. The van der Waals surface area contributed by atoms with Gasteiger partial charge >= 0.3 is 0 Å². The molecule has 0 bridgehead atoms. The normalized spacial score (nSPS) is 16.9. The highest BCUT2D eigenvalue weighted by Crippen LogP contribution is 2.34. The molecular weight excluding hydrogens is 366 g/mol. The van der Waals surface area contributed by atoms with Crippen molar-refractivity contribution < 1.29 is 9.84 Å². The first kappa shape index (κ1) is 19.6. The molecule has 1 fully saturated rings. The minimum atomic E-state index is 0.00136. The van der Waals surface area contributed by atoms with Gasteiger partial charge in [-0.1, -0.05) is 30.3 Å². The molecule has 0 atom stereocenters. The number of fused-ring (bicyclic) bond motifs is 1. The van der Waals surface area contributed by atoms with Gasteiger partial charge in [0.2, 0.25) is 0 Å². The Labute approximate surface area is 171 Å². The summed E-state index contributed by atoms with van der Waals surface area (Å²) in [6.07, 6.45) is 0.818. The second kappa shape index (κ2) is 9.23. The van der Waals surface area contributed by atoms with Gasteiger partial charge in [-0.2, -0.15) is 5.26 Å². The van der Waals surface area contributed by atoms with Crippen molar-refractivity contribution in [3.8, 4) is 6.07 Å². The van der Waals surface area contributed by atoms with Crippen LogP contribution in [0.15, 0.2) is 30.3 Å². The molecule has 152 valence electrons. The van der Waals surface area contributed by atoms with E-state index < -0.39 is 0 Å². The molecule has 2 aliphatic heterocycles. The number of benzene rings is 1. The van der Waals surface area contributed by atoms with Crippen molar-refractivity contribution in [3.05, 3.63) is 52.6 Å². The average molecular weight is 393 g/mol. The summed E-state index contributed by atoms with van der Waals surface area (Å²) in [6, 6.07) is 12.8. The molecule has 2 N–H and O–H groups in total. The maximum Gasteiger partial charge on any atom is 0.146 e. The SMILES string of the molecule is N#Cc1c(NCCO)nc(N2CCOCC2)c2c1CCN(Cc1ccccc1)C2. The summed E-state index contributed by atoms with van der Waals surface area (Å²) < 4.78 is 5.52. The zero-order valence-corrected chi connectivity index (χ0v) is 16.6. The number of ether oxygens (including phenoxy) is 1. The predicted octanol–water partition coefficient (Wildman–Crippen LogP) is 1.75. The second-order valence-corrected chi connectivity index (χ2v) is 7.42. The van der Waals surface area contributed by atoms with Crippen LogP contribution >= 0.6 is 0 Å². The highest BCUT2D eigenvalue weighted by Gasteiger charge is 2.28. The van der Waals surface area contributed by atoms with Crippen LogP contribution in [0.3, 0.4) is 0 Å². The summed E-state index contributed by atoms with van der Waals surface area (Å²) in [5, 5.41) is 22.2. The molecular formula is C22H27N5O2. The van der Waals surface area contributed by atoms with E-state index in [-0.39, 0.29) is 6.61 Å². The van der Waals surface area contributed by atoms with Gasteiger partial charge in [-0.05, 0) is 17.5 Å². The third-order valence-corrected chi connectivity index (χ3v) is 5.53. The zero-order valence-electron chi connectivity index (χ0n) is 16.6. The first-order valence-electron chi connectivity index (χ1n) is 10.2. The molecule has 2 aliphatic rings. The van der Waals surface area contributed by atoms with Gasteiger partial charge in [0.05, 0.1) is 25.4 Å². The highest BCUT2D eigenvalue weighted by atomic mass is 16.5. The number of anilines is 2. The minimum Gasteiger partial charge on any atom is -0.395 e. The van der Waals surface area contributed by atoms with E-state index in [2.05, 4.69) is 45.5 Å². The van der Waals surface area contributed by atoms with Gasteiger partial charge in [0.1, 0.15) is 17.7 Å². The van der Waals surface area contributed by atoms with Crippen LogP contribution in [0.5, 0.6) is 0 Å². The maximum absolute atomic E-state index is 9.84. The summed E-state index contributed by atoms with van der Waals surface area (Å²) in [5.74, 6) is 1.53. The van der Waals surface area contributed by atoms with Gasteiger partial charge in [0.15, 0.2) is 0 Å². The average Bonchev–Trinajstić information content (AvgIpc) is 2.78. The fraction of sp³-hybridized carbons (Fsp3) is 0.455. The molecule has 2 aromatic rings. The Bertz CT molecular complexity index is 875. The minimum absolute atomic E-state index is 0.00136. The van der Waals surface area contributed by atoms with Crippen LogP contribution in [0, 0.1) is 11.3 Å². The van der Waals surface area contributed by atoms with E-state index in [1.54, 1.807) is 0 Å². The summed E-state index contributed by atoms with van der Waals surface area (Å²) in [6.45, 7) is 5.90. The summed E-state index contributed by atoms with van der Waals surface area (Å²) in [4.78, 5) is 9.54. The molecule has 3 heterocycles. The fourth-order valence-electron chi connectivity index (χ4n) is 4.11. The summed E-state index contributed by atoms with van der Waals surface area (Å²) in [5.41, 5.74) is 4.15. The van der Waals surface area contributed by atoms with Crippen LogP contribution in [0.4, 0.5) is 11.6 Å². The van der Waals surface area contributed by atoms with Crippen molar-refractivity contribution in [2.75, 3.05) is 56.2 Å². The van der Waals surface area contributed by atoms with Gasteiger partial charge in [-0.15, -0.1) is 0 Å². The Hall–Kier alpha value is -2.66. The lowest BCUT2D eigenvalue weighted by atomic mass is 9.94. The number of nitrogens with one attached hydrogen (secondary N) is 1. The van der Waals surface area contributed by atoms with E-state index in [9.17, 15) is 10.4 Å². The Balaban J connectivity index is 1.69. The lowest BCUT2D eigenvalue weighted by Gasteiger charge is -2.35. The van der Waals surface area contributed by atoms with E-state index in [4.69, 9.17) is 9.72 Å². The molecule has 7 nitrogen and oxygen atoms in total. The van der Waals surface area contributed by atoms with Crippen LogP contribution in [-0.2, 0) is 24.2 Å². The lowest BCUT2D eigenvalue weighted by molar-refractivity contribution is 0.122. The molecule has 7 heteroatoms. The van der Waals surface area contributed by atoms with E-state index in [0.717, 1.165) is 56.1 Å². The number of aliphatic hydroxyl groups is 1. The van der Waals surface area contributed by atoms with Gasteiger partial charge in [-0.3, -0.25) is 4.90 Å². The third-order valence-electron chi connectivity index (χ3n) is 5.53. The van der Waals surface area contributed by atoms with Crippen molar-refractivity contribution >= 4 is 11.6 Å². The van der Waals surface area contributed by atoms with Crippen molar-refractivity contribution in [2.45, 2.75) is 19.5 Å². The van der Waals surface area contributed by atoms with Crippen molar-refractivity contribution in [1.29, 1.82) is 5.26 Å². The number of nitrogens with zero attached hydrogens (tertiary/aromatic N) is 4. The fourth-order valence-corrected chi connectivity index (χ4v) is 4.11. The van der Waals surface area contributed by atoms with E-state index >= 15 is 0 Å². The van der Waals surface area contributed by atoms with Crippen LogP contribution in [0.2, 0.25) is 0 Å². The van der Waals surface area contributed by atoms with E-state index in [0.29, 0.717) is 31.1 Å². The number of aliphatic hydroxyl groups excluding tert-OH is 1. The topological polar surface area (TPSA) is 84.6 Å². The van der Waals surface area contributed by atoms with Gasteiger partial charge < -0.3 is 20.1 Å². The smallest absolute Gasteiger partial charge is 0.146 e. The van der Waals surface area contributed by atoms with Crippen molar-refractivity contribution in [2.24, 2.45) is 0 Å². The first-order chi connectivity index (χ1) is 14.3. The second-order valence-electron chi connectivity index (χ2n) is 7.42. The predicted molar refractivity (Wildman–Crippen MR) is 112 cm³/mol. The quantitative estimate of drug-likeness (QED) is 0.773. The molecule has 0 aliphatic carbocycles. The third kappa shape index (κ3) is 4.35. The van der Waals surface area contributed by atoms with Crippen LogP contribution in [0.1, 0.15) is 22.3 Å². The van der Waals surface area contributed by atoms with Crippen LogP contribution in [-0.4, -0.2) is 61.0 Å². The largest absolute Gasteiger partial charge is 0.395 e. The Morgan fingerprint density at radius 2 is 1.93 bits per heavy atom. The van der Waals surface area contributed by atoms with Crippen LogP contribution < -0.4 is 10.2 Å². The van der Waals surface area contributed by atoms with Crippen molar-refractivity contribution in [1.82, 2.24) is 9.88 Å². The molecule has 0 saturated carbocycles. The lowest BCUT2D eigenvalue weighted by Crippen LogP contribution is -2.39. The number of hydrogen-bond donors (Lipinski definition) is 2. The number of rotatable bonds is 6. The molecule has 0 spiro atoms. The number of hydrogen-bond acceptors (Lipinski definition) is 7. The Morgan fingerprint density at radius 3 is 2.66 bits per heavy atom. The van der Waals surface area contributed by atoms with Crippen LogP contribution in [0.25, 0.3) is 0 Å². The number of morpholine rings is 1. The standard InChI is InChI=1S/C22H27N5O2/c23-14-19-18-6-8-26(15-17-4-2-1-3-5-17)16-20(18)22(25-21(19)24-7-11-28)27-9-12-29-13-10-27/h1-5,28H,6-13,15-16H2,(H,24,25). The Morgan fingerprint density at radius 1 is 1.14 bits per heavy atom. The maximum atomic E-state index is 9.84. The Kier molecular flexibility index (Phi) is 6.25. The molecule has 4 rings (SSSR count). The van der Waals surface area contributed by atoms with Crippen molar-refractivity contribution in [3.63, 3.8) is 0 Å². The van der Waals surface area contributed by atoms with E-state index in [1.165, 1.54) is 5.56 Å². The molecule has 1 saturated heterocycles. The van der Waals surface area contributed by atoms with Gasteiger partial charge in [0, 0.05) is 44.8 Å². The van der Waals surface area contributed by atoms with Gasteiger partial charge in [-0.25, -0.2) is 4.98 Å². The monoisotopic (exact) mass is 393 g/mol. The molecule has 0 amide bonds. The summed E-state index contributed by atoms with van der Waals surface area (Å²) >= 11 is 0. The van der Waals surface area contributed by atoms with Gasteiger partial charge in [0.25, 0.3) is 0 Å². The zero-order chi connectivity index (χ0) is 20.1. The first-order valence-corrected chi connectivity index (χ1v) is 10.2. The molecule has 0 radical (unpaired) electrons. The summed E-state index contributed by atoms with van der Waals surface area (Å²) in [7, 11) is 0.